The van der Waals surface area contributed by atoms with Gasteiger partial charge in [-0.15, -0.1) is 11.3 Å². The van der Waals surface area contributed by atoms with Crippen molar-refractivity contribution in [2.75, 3.05) is 0 Å². The third kappa shape index (κ3) is 7.30. The maximum atomic E-state index is 12.6. The van der Waals surface area contributed by atoms with Crippen LogP contribution in [0.1, 0.15) is 63.5 Å². The van der Waals surface area contributed by atoms with Gasteiger partial charge in [-0.3, -0.25) is 4.79 Å². The Morgan fingerprint density at radius 2 is 1.84 bits per heavy atom. The SMILES string of the molecule is CCc1csc(-n2cc(C(=O)NC3CC(C)(C)NC(C)(C)C3)cn2)n1.O=C(O)C(F)(F)F. The lowest BCUT2D eigenvalue weighted by atomic mass is 9.79. The van der Waals surface area contributed by atoms with Crippen molar-refractivity contribution in [3.63, 3.8) is 0 Å². The van der Waals surface area contributed by atoms with Crippen LogP contribution < -0.4 is 10.6 Å². The molecule has 0 unspecified atom stereocenters. The summed E-state index contributed by atoms with van der Waals surface area (Å²) in [6.45, 7) is 10.8. The van der Waals surface area contributed by atoms with E-state index in [4.69, 9.17) is 9.90 Å². The highest BCUT2D eigenvalue weighted by molar-refractivity contribution is 7.12. The minimum absolute atomic E-state index is 0.00131. The second kappa shape index (κ2) is 9.57. The first kappa shape index (κ1) is 25.8. The number of carboxylic acids is 1. The van der Waals surface area contributed by atoms with E-state index in [0.717, 1.165) is 30.1 Å². The molecule has 0 spiro atoms. The summed E-state index contributed by atoms with van der Waals surface area (Å²) in [5.41, 5.74) is 1.62. The first-order valence-corrected chi connectivity index (χ1v) is 10.9. The molecule has 32 heavy (non-hydrogen) atoms. The summed E-state index contributed by atoms with van der Waals surface area (Å²) in [6, 6.07) is 0.147. The number of hydrogen-bond donors (Lipinski definition) is 3. The van der Waals surface area contributed by atoms with Crippen molar-refractivity contribution >= 4 is 23.2 Å². The van der Waals surface area contributed by atoms with E-state index in [1.807, 2.05) is 5.38 Å². The van der Waals surface area contributed by atoms with Crippen LogP contribution in [-0.2, 0) is 11.2 Å². The average molecular weight is 476 g/mol. The second-order valence-electron chi connectivity index (χ2n) is 8.92. The van der Waals surface area contributed by atoms with E-state index in [0.29, 0.717) is 5.56 Å². The Bertz CT molecular complexity index is 936. The van der Waals surface area contributed by atoms with Gasteiger partial charge in [-0.05, 0) is 47.0 Å². The van der Waals surface area contributed by atoms with Gasteiger partial charge >= 0.3 is 12.1 Å². The molecule has 2 aromatic rings. The smallest absolute Gasteiger partial charge is 0.475 e. The summed E-state index contributed by atoms with van der Waals surface area (Å²) < 4.78 is 33.4. The molecule has 0 bridgehead atoms. The number of aromatic nitrogens is 3. The second-order valence-corrected chi connectivity index (χ2v) is 9.76. The van der Waals surface area contributed by atoms with E-state index >= 15 is 0 Å². The molecule has 0 aliphatic carbocycles. The van der Waals surface area contributed by atoms with Gasteiger partial charge in [-0.25, -0.2) is 14.5 Å². The minimum Gasteiger partial charge on any atom is -0.475 e. The highest BCUT2D eigenvalue weighted by Gasteiger charge is 2.39. The lowest BCUT2D eigenvalue weighted by Crippen LogP contribution is -2.62. The van der Waals surface area contributed by atoms with E-state index in [9.17, 15) is 18.0 Å². The fourth-order valence-corrected chi connectivity index (χ4v) is 4.64. The number of rotatable bonds is 4. The van der Waals surface area contributed by atoms with Crippen molar-refractivity contribution in [2.45, 2.75) is 77.2 Å². The van der Waals surface area contributed by atoms with Gasteiger partial charge in [0.1, 0.15) is 0 Å². The zero-order valence-electron chi connectivity index (χ0n) is 18.6. The highest BCUT2D eigenvalue weighted by Crippen LogP contribution is 2.28. The molecule has 8 nitrogen and oxygen atoms in total. The van der Waals surface area contributed by atoms with E-state index in [2.05, 4.69) is 55.3 Å². The number of carbonyl (C=O) groups excluding carboxylic acids is 1. The standard InChI is InChI=1S/C18H27N5OS.C2HF3O2/c1-6-13-11-25-16(21-13)23-10-12(9-19-23)15(24)20-14-7-17(2,3)22-18(4,5)8-14;3-2(4,5)1(6)7/h9-11,14,22H,6-8H2,1-5H3,(H,20,24);(H,6,7). The molecule has 2 aromatic heterocycles. The maximum Gasteiger partial charge on any atom is 0.490 e. The number of aliphatic carboxylic acids is 1. The van der Waals surface area contributed by atoms with Crippen molar-refractivity contribution < 1.29 is 27.9 Å². The number of nitrogens with zero attached hydrogens (tertiary/aromatic N) is 3. The molecule has 178 valence electrons. The lowest BCUT2D eigenvalue weighted by Gasteiger charge is -2.46. The van der Waals surface area contributed by atoms with Crippen LogP contribution in [0.3, 0.4) is 0 Å². The molecule has 1 fully saturated rings. The molecule has 3 N–H and O–H groups in total. The Kier molecular flexibility index (Phi) is 7.71. The molecule has 0 aromatic carbocycles. The van der Waals surface area contributed by atoms with Crippen molar-refractivity contribution in [1.29, 1.82) is 0 Å². The number of halogens is 3. The van der Waals surface area contributed by atoms with Crippen LogP contribution in [0, 0.1) is 0 Å². The fourth-order valence-electron chi connectivity index (χ4n) is 3.80. The van der Waals surface area contributed by atoms with Crippen LogP contribution in [0.5, 0.6) is 0 Å². The molecule has 0 atom stereocenters. The molecule has 1 amide bonds. The summed E-state index contributed by atoms with van der Waals surface area (Å²) in [4.78, 5) is 26.0. The molecule has 12 heteroatoms. The van der Waals surface area contributed by atoms with Gasteiger partial charge in [0.05, 0.1) is 17.5 Å². The lowest BCUT2D eigenvalue weighted by molar-refractivity contribution is -0.192. The normalized spacial score (nSPS) is 17.9. The van der Waals surface area contributed by atoms with Gasteiger partial charge in [0.25, 0.3) is 5.91 Å². The van der Waals surface area contributed by atoms with Crippen LogP contribution in [0.4, 0.5) is 13.2 Å². The number of piperidine rings is 1. The number of aryl methyl sites for hydroxylation is 1. The molecule has 1 aliphatic heterocycles. The summed E-state index contributed by atoms with van der Waals surface area (Å²) in [5, 5.41) is 21.0. The largest absolute Gasteiger partial charge is 0.490 e. The van der Waals surface area contributed by atoms with Crippen molar-refractivity contribution in [1.82, 2.24) is 25.4 Å². The van der Waals surface area contributed by atoms with Gasteiger partial charge in [-0.2, -0.15) is 18.3 Å². The number of hydrogen-bond acceptors (Lipinski definition) is 6. The summed E-state index contributed by atoms with van der Waals surface area (Å²) in [6.07, 6.45) is 0.988. The number of thiazole rings is 1. The van der Waals surface area contributed by atoms with Gasteiger partial charge in [-0.1, -0.05) is 6.92 Å². The number of nitrogens with one attached hydrogen (secondary N) is 2. The van der Waals surface area contributed by atoms with Crippen molar-refractivity contribution in [2.24, 2.45) is 0 Å². The van der Waals surface area contributed by atoms with Gasteiger partial charge in [0, 0.05) is 28.7 Å². The van der Waals surface area contributed by atoms with Gasteiger partial charge in [0.2, 0.25) is 5.13 Å². The third-order valence-corrected chi connectivity index (χ3v) is 5.59. The van der Waals surface area contributed by atoms with Crippen LogP contribution in [0.25, 0.3) is 5.13 Å². The third-order valence-electron chi connectivity index (χ3n) is 4.71. The molecule has 1 aliphatic rings. The topological polar surface area (TPSA) is 109 Å². The van der Waals surface area contributed by atoms with Crippen LogP contribution >= 0.6 is 11.3 Å². The number of carboxylic acid groups (broad SMARTS) is 1. The average Bonchev–Trinajstić information content (AvgIpc) is 3.28. The zero-order chi connectivity index (χ0) is 24.3. The van der Waals surface area contributed by atoms with E-state index < -0.39 is 12.1 Å². The number of alkyl halides is 3. The van der Waals surface area contributed by atoms with Crippen LogP contribution in [-0.4, -0.2) is 55.0 Å². The Morgan fingerprint density at radius 3 is 2.31 bits per heavy atom. The maximum absolute atomic E-state index is 12.6. The molecule has 0 radical (unpaired) electrons. The van der Waals surface area contributed by atoms with Crippen molar-refractivity contribution in [3.8, 4) is 5.13 Å². The Hall–Kier alpha value is -2.47. The van der Waals surface area contributed by atoms with Crippen molar-refractivity contribution in [3.05, 3.63) is 29.0 Å². The van der Waals surface area contributed by atoms with Crippen LogP contribution in [0.2, 0.25) is 0 Å². The van der Waals surface area contributed by atoms with E-state index in [-0.39, 0.29) is 23.0 Å². The Morgan fingerprint density at radius 1 is 1.28 bits per heavy atom. The van der Waals surface area contributed by atoms with Gasteiger partial charge < -0.3 is 15.7 Å². The highest BCUT2D eigenvalue weighted by atomic mass is 32.1. The molecule has 3 rings (SSSR count). The summed E-state index contributed by atoms with van der Waals surface area (Å²) in [5.74, 6) is -2.83. The molecular formula is C20H28F3N5O3S. The predicted molar refractivity (Wildman–Crippen MR) is 114 cm³/mol. The molecule has 0 saturated carbocycles. The van der Waals surface area contributed by atoms with E-state index in [1.54, 1.807) is 17.1 Å². The summed E-state index contributed by atoms with van der Waals surface area (Å²) in [7, 11) is 0. The fraction of sp³-hybridized carbons (Fsp3) is 0.600. The first-order valence-electron chi connectivity index (χ1n) is 10.0. The van der Waals surface area contributed by atoms with Crippen LogP contribution in [0.15, 0.2) is 17.8 Å². The first-order chi connectivity index (χ1) is 14.6. The molecule has 1 saturated heterocycles. The molecular weight excluding hydrogens is 447 g/mol. The summed E-state index contributed by atoms with van der Waals surface area (Å²) >= 11 is 1.54. The zero-order valence-corrected chi connectivity index (χ0v) is 19.4. The number of carbonyl (C=O) groups is 2. The Balaban J connectivity index is 0.000000451. The molecule has 3 heterocycles. The predicted octanol–water partition coefficient (Wildman–Crippen LogP) is 3.56. The monoisotopic (exact) mass is 475 g/mol. The Labute approximate surface area is 188 Å². The van der Waals surface area contributed by atoms with E-state index in [1.165, 1.54) is 11.3 Å². The quantitative estimate of drug-likeness (QED) is 0.624. The minimum atomic E-state index is -5.08. The van der Waals surface area contributed by atoms with Gasteiger partial charge in [0.15, 0.2) is 0 Å². The number of amides is 1.